The van der Waals surface area contributed by atoms with Gasteiger partial charge in [-0.05, 0) is 50.1 Å². The first kappa shape index (κ1) is 20.0. The Morgan fingerprint density at radius 1 is 1.17 bits per heavy atom. The van der Waals surface area contributed by atoms with Crippen LogP contribution in [0.3, 0.4) is 0 Å². The maximum absolute atomic E-state index is 13.5. The van der Waals surface area contributed by atoms with Gasteiger partial charge in [-0.25, -0.2) is 8.78 Å². The van der Waals surface area contributed by atoms with Crippen LogP contribution in [0.1, 0.15) is 41.9 Å². The molecule has 4 rings (SSSR count). The molecule has 30 heavy (non-hydrogen) atoms. The lowest BCUT2D eigenvalue weighted by atomic mass is 9.96. The van der Waals surface area contributed by atoms with Crippen LogP contribution in [0.5, 0.6) is 5.75 Å². The molecule has 0 unspecified atom stereocenters. The zero-order valence-corrected chi connectivity index (χ0v) is 16.5. The monoisotopic (exact) mass is 413 g/mol. The number of amides is 1. The minimum absolute atomic E-state index is 0.00253. The molecule has 1 aliphatic heterocycles. The molecule has 0 spiro atoms. The van der Waals surface area contributed by atoms with E-state index in [1.807, 2.05) is 19.1 Å². The molecule has 156 valence electrons. The second-order valence-electron chi connectivity index (χ2n) is 7.08. The Labute approximate surface area is 172 Å². The van der Waals surface area contributed by atoms with Crippen molar-refractivity contribution in [1.29, 1.82) is 0 Å². The molecule has 0 saturated carbocycles. The van der Waals surface area contributed by atoms with Crippen LogP contribution in [0, 0.1) is 11.6 Å². The molecule has 1 saturated heterocycles. The zero-order chi connectivity index (χ0) is 21.1. The topological polar surface area (TPSA) is 68.5 Å². The summed E-state index contributed by atoms with van der Waals surface area (Å²) >= 11 is 0. The van der Waals surface area contributed by atoms with Crippen LogP contribution in [-0.2, 0) is 0 Å². The quantitative estimate of drug-likeness (QED) is 0.619. The standard InChI is InChI=1S/C22H21F2N3O3/c1-2-29-19-6-4-3-5-16(19)22(28)27-11-9-14(10-12-27)21-25-20(26-30-21)15-7-8-17(23)18(24)13-15/h3-8,13-14H,2,9-12H2,1H3. The Balaban J connectivity index is 1.42. The van der Waals surface area contributed by atoms with Gasteiger partial charge in [-0.3, -0.25) is 4.79 Å². The van der Waals surface area contributed by atoms with Crippen molar-refractivity contribution in [2.45, 2.75) is 25.7 Å². The van der Waals surface area contributed by atoms with E-state index in [1.165, 1.54) is 6.07 Å². The zero-order valence-electron chi connectivity index (χ0n) is 16.5. The molecule has 0 N–H and O–H groups in total. The van der Waals surface area contributed by atoms with Gasteiger partial charge in [0, 0.05) is 24.6 Å². The second kappa shape index (κ2) is 8.61. The van der Waals surface area contributed by atoms with Gasteiger partial charge in [-0.15, -0.1) is 0 Å². The van der Waals surface area contributed by atoms with E-state index in [0.29, 0.717) is 55.3 Å². The van der Waals surface area contributed by atoms with Gasteiger partial charge in [-0.1, -0.05) is 17.3 Å². The van der Waals surface area contributed by atoms with Crippen LogP contribution in [-0.4, -0.2) is 40.6 Å². The van der Waals surface area contributed by atoms with Gasteiger partial charge in [0.2, 0.25) is 11.7 Å². The Bertz CT molecular complexity index is 1050. The number of para-hydroxylation sites is 1. The van der Waals surface area contributed by atoms with Gasteiger partial charge in [0.05, 0.1) is 12.2 Å². The number of nitrogens with zero attached hydrogens (tertiary/aromatic N) is 3. The van der Waals surface area contributed by atoms with Gasteiger partial charge in [0.1, 0.15) is 5.75 Å². The van der Waals surface area contributed by atoms with Gasteiger partial charge in [0.15, 0.2) is 11.6 Å². The van der Waals surface area contributed by atoms with Gasteiger partial charge < -0.3 is 14.2 Å². The first-order valence-corrected chi connectivity index (χ1v) is 9.87. The lowest BCUT2D eigenvalue weighted by Gasteiger charge is -2.30. The van der Waals surface area contributed by atoms with Crippen molar-refractivity contribution in [2.75, 3.05) is 19.7 Å². The third-order valence-electron chi connectivity index (χ3n) is 5.17. The fourth-order valence-electron chi connectivity index (χ4n) is 3.58. The number of piperidine rings is 1. The molecule has 2 heterocycles. The molecule has 1 aromatic heterocycles. The average Bonchev–Trinajstić information content (AvgIpc) is 3.26. The third-order valence-corrected chi connectivity index (χ3v) is 5.17. The van der Waals surface area contributed by atoms with E-state index in [1.54, 1.807) is 17.0 Å². The Hall–Kier alpha value is -3.29. The highest BCUT2D eigenvalue weighted by Crippen LogP contribution is 2.30. The van der Waals surface area contributed by atoms with Crippen LogP contribution in [0.25, 0.3) is 11.4 Å². The Morgan fingerprint density at radius 3 is 2.67 bits per heavy atom. The van der Waals surface area contributed by atoms with Crippen molar-refractivity contribution in [3.63, 3.8) is 0 Å². The summed E-state index contributed by atoms with van der Waals surface area (Å²) in [6, 6.07) is 10.7. The van der Waals surface area contributed by atoms with Crippen molar-refractivity contribution >= 4 is 5.91 Å². The number of rotatable bonds is 5. The lowest BCUT2D eigenvalue weighted by molar-refractivity contribution is 0.0700. The molecule has 0 atom stereocenters. The van der Waals surface area contributed by atoms with E-state index < -0.39 is 11.6 Å². The van der Waals surface area contributed by atoms with Crippen molar-refractivity contribution in [2.24, 2.45) is 0 Å². The van der Waals surface area contributed by atoms with Crippen LogP contribution in [0.2, 0.25) is 0 Å². The van der Waals surface area contributed by atoms with Crippen molar-refractivity contribution in [1.82, 2.24) is 15.0 Å². The Morgan fingerprint density at radius 2 is 1.93 bits per heavy atom. The van der Waals surface area contributed by atoms with Gasteiger partial charge in [0.25, 0.3) is 5.91 Å². The summed E-state index contributed by atoms with van der Waals surface area (Å²) in [6.45, 7) is 3.47. The van der Waals surface area contributed by atoms with Gasteiger partial charge in [-0.2, -0.15) is 4.98 Å². The van der Waals surface area contributed by atoms with E-state index in [9.17, 15) is 13.6 Å². The minimum Gasteiger partial charge on any atom is -0.493 e. The van der Waals surface area contributed by atoms with Crippen LogP contribution in [0.15, 0.2) is 47.0 Å². The van der Waals surface area contributed by atoms with E-state index in [4.69, 9.17) is 9.26 Å². The largest absolute Gasteiger partial charge is 0.493 e. The van der Waals surface area contributed by atoms with E-state index in [2.05, 4.69) is 10.1 Å². The van der Waals surface area contributed by atoms with Crippen LogP contribution < -0.4 is 4.74 Å². The lowest BCUT2D eigenvalue weighted by Crippen LogP contribution is -2.38. The van der Waals surface area contributed by atoms with Crippen molar-refractivity contribution < 1.29 is 22.8 Å². The van der Waals surface area contributed by atoms with Crippen LogP contribution >= 0.6 is 0 Å². The first-order valence-electron chi connectivity index (χ1n) is 9.87. The molecule has 1 amide bonds. The maximum atomic E-state index is 13.5. The van der Waals surface area contributed by atoms with Crippen molar-refractivity contribution in [3.8, 4) is 17.1 Å². The highest BCUT2D eigenvalue weighted by molar-refractivity contribution is 5.97. The molecular weight excluding hydrogens is 392 g/mol. The van der Waals surface area contributed by atoms with E-state index in [-0.39, 0.29) is 17.6 Å². The predicted octanol–water partition coefficient (Wildman–Crippen LogP) is 4.43. The predicted molar refractivity (Wildman–Crippen MR) is 105 cm³/mol. The first-order chi connectivity index (χ1) is 14.6. The average molecular weight is 413 g/mol. The number of ether oxygens (including phenoxy) is 1. The normalized spacial score (nSPS) is 14.7. The maximum Gasteiger partial charge on any atom is 0.257 e. The highest BCUT2D eigenvalue weighted by Gasteiger charge is 2.29. The molecule has 2 aromatic carbocycles. The fraction of sp³-hybridized carbons (Fsp3) is 0.318. The molecular formula is C22H21F2N3O3. The number of carbonyl (C=O) groups is 1. The van der Waals surface area contributed by atoms with E-state index >= 15 is 0 Å². The summed E-state index contributed by atoms with van der Waals surface area (Å²) in [6.07, 6.45) is 1.34. The van der Waals surface area contributed by atoms with Crippen molar-refractivity contribution in [3.05, 3.63) is 65.6 Å². The summed E-state index contributed by atoms with van der Waals surface area (Å²) in [5, 5.41) is 3.89. The summed E-state index contributed by atoms with van der Waals surface area (Å²) in [5.74, 6) is -0.707. The van der Waals surface area contributed by atoms with Crippen LogP contribution in [0.4, 0.5) is 8.78 Å². The number of hydrogen-bond acceptors (Lipinski definition) is 5. The number of aromatic nitrogens is 2. The number of likely N-dealkylation sites (tertiary alicyclic amines) is 1. The summed E-state index contributed by atoms with van der Waals surface area (Å²) in [4.78, 5) is 19.1. The van der Waals surface area contributed by atoms with Gasteiger partial charge >= 0.3 is 0 Å². The molecule has 6 nitrogen and oxygen atoms in total. The Kier molecular flexibility index (Phi) is 5.74. The molecule has 0 aliphatic carbocycles. The molecule has 1 fully saturated rings. The molecule has 0 radical (unpaired) electrons. The third kappa shape index (κ3) is 4.03. The SMILES string of the molecule is CCOc1ccccc1C(=O)N1CCC(c2nc(-c3ccc(F)c(F)c3)no2)CC1. The molecule has 3 aromatic rings. The fourth-order valence-corrected chi connectivity index (χ4v) is 3.58. The molecule has 8 heteroatoms. The second-order valence-corrected chi connectivity index (χ2v) is 7.08. The number of benzene rings is 2. The molecule has 1 aliphatic rings. The number of halogens is 2. The number of carbonyl (C=O) groups excluding carboxylic acids is 1. The summed E-state index contributed by atoms with van der Waals surface area (Å²) in [5.41, 5.74) is 0.903. The summed E-state index contributed by atoms with van der Waals surface area (Å²) in [7, 11) is 0. The summed E-state index contributed by atoms with van der Waals surface area (Å²) < 4.78 is 37.5. The minimum atomic E-state index is -0.960. The number of hydrogen-bond donors (Lipinski definition) is 0. The molecule has 0 bridgehead atoms. The smallest absolute Gasteiger partial charge is 0.257 e. The van der Waals surface area contributed by atoms with E-state index in [0.717, 1.165) is 12.1 Å². The highest BCUT2D eigenvalue weighted by atomic mass is 19.2.